The largest absolute Gasteiger partial charge is 0.490 e. The Kier molecular flexibility index (Phi) is 3.88. The first-order valence-electron chi connectivity index (χ1n) is 6.96. The molecule has 0 aliphatic heterocycles. The molecule has 1 fully saturated rings. The molecule has 0 amide bonds. The number of aliphatic hydroxyl groups is 1. The number of alkyl halides is 2. The Labute approximate surface area is 122 Å². The number of aliphatic hydroxyl groups excluding tert-OH is 1. The molecule has 110 valence electrons. The summed E-state index contributed by atoms with van der Waals surface area (Å²) in [6.45, 7) is 0. The van der Waals surface area contributed by atoms with Gasteiger partial charge < -0.3 is 9.84 Å². The van der Waals surface area contributed by atoms with E-state index in [0.29, 0.717) is 17.2 Å². The third-order valence-corrected chi connectivity index (χ3v) is 3.50. The van der Waals surface area contributed by atoms with Gasteiger partial charge in [0.25, 0.3) is 6.43 Å². The number of hydrogen-bond donors (Lipinski definition) is 1. The molecule has 0 radical (unpaired) electrons. The Balaban J connectivity index is 1.77. The molecule has 0 aromatic heterocycles. The van der Waals surface area contributed by atoms with Gasteiger partial charge in [-0.3, -0.25) is 0 Å². The number of hydrogen-bond acceptors (Lipinski definition) is 2. The molecule has 1 aliphatic carbocycles. The minimum absolute atomic E-state index is 0.0831. The van der Waals surface area contributed by atoms with Crippen LogP contribution >= 0.6 is 0 Å². The lowest BCUT2D eigenvalue weighted by Gasteiger charge is -2.13. The van der Waals surface area contributed by atoms with Gasteiger partial charge in [0.15, 0.2) is 0 Å². The van der Waals surface area contributed by atoms with Gasteiger partial charge in [0.1, 0.15) is 11.9 Å². The predicted molar refractivity (Wildman–Crippen MR) is 75.6 cm³/mol. The lowest BCUT2D eigenvalue weighted by atomic mass is 10.00. The van der Waals surface area contributed by atoms with Crippen LogP contribution in [-0.2, 0) is 0 Å². The van der Waals surface area contributed by atoms with Crippen molar-refractivity contribution in [1.82, 2.24) is 0 Å². The maximum Gasteiger partial charge on any atom is 0.263 e. The molecule has 2 aromatic rings. The van der Waals surface area contributed by atoms with Crippen molar-refractivity contribution in [1.29, 1.82) is 0 Å². The Morgan fingerprint density at radius 2 is 1.62 bits per heavy atom. The van der Waals surface area contributed by atoms with Crippen LogP contribution in [0.2, 0.25) is 0 Å². The Morgan fingerprint density at radius 3 is 2.24 bits per heavy atom. The highest BCUT2D eigenvalue weighted by molar-refractivity contribution is 5.36. The normalized spacial score (nSPS) is 16.0. The standard InChI is InChI=1S/C17H16F2O2/c18-17(19)13-3-1-2-12(10-13)16(20)11-4-6-14(7-5-11)21-15-8-9-15/h1-7,10,15-17,20H,8-9H2. The smallest absolute Gasteiger partial charge is 0.263 e. The van der Waals surface area contributed by atoms with Crippen LogP contribution in [0.25, 0.3) is 0 Å². The Bertz CT molecular complexity index is 606. The van der Waals surface area contributed by atoms with Gasteiger partial charge in [0.2, 0.25) is 0 Å². The van der Waals surface area contributed by atoms with E-state index in [0.717, 1.165) is 18.6 Å². The van der Waals surface area contributed by atoms with Gasteiger partial charge in [-0.2, -0.15) is 0 Å². The first-order valence-corrected chi connectivity index (χ1v) is 6.96. The third-order valence-electron chi connectivity index (χ3n) is 3.50. The first kappa shape index (κ1) is 14.0. The molecule has 4 heteroatoms. The van der Waals surface area contributed by atoms with E-state index in [1.54, 1.807) is 30.3 Å². The van der Waals surface area contributed by atoms with Crippen LogP contribution < -0.4 is 4.74 Å². The predicted octanol–water partition coefficient (Wildman–Crippen LogP) is 4.25. The topological polar surface area (TPSA) is 29.5 Å². The van der Waals surface area contributed by atoms with Crippen molar-refractivity contribution in [2.75, 3.05) is 0 Å². The van der Waals surface area contributed by atoms with E-state index >= 15 is 0 Å². The molecule has 0 saturated heterocycles. The van der Waals surface area contributed by atoms with Crippen LogP contribution in [0, 0.1) is 0 Å². The highest BCUT2D eigenvalue weighted by atomic mass is 19.3. The second-order valence-electron chi connectivity index (χ2n) is 5.26. The summed E-state index contributed by atoms with van der Waals surface area (Å²) < 4.78 is 31.0. The van der Waals surface area contributed by atoms with Gasteiger partial charge in [0, 0.05) is 5.56 Å². The molecular weight excluding hydrogens is 274 g/mol. The fourth-order valence-electron chi connectivity index (χ4n) is 2.16. The maximum absolute atomic E-state index is 12.7. The molecule has 1 N–H and O–H groups in total. The van der Waals surface area contributed by atoms with E-state index in [1.165, 1.54) is 18.2 Å². The number of rotatable bonds is 5. The number of halogens is 2. The van der Waals surface area contributed by atoms with Crippen LogP contribution in [-0.4, -0.2) is 11.2 Å². The third kappa shape index (κ3) is 3.39. The van der Waals surface area contributed by atoms with E-state index in [1.807, 2.05) is 0 Å². The SMILES string of the molecule is OC(c1ccc(OC2CC2)cc1)c1cccc(C(F)F)c1. The van der Waals surface area contributed by atoms with E-state index in [-0.39, 0.29) is 5.56 Å². The molecule has 2 aromatic carbocycles. The lowest BCUT2D eigenvalue weighted by Crippen LogP contribution is -2.01. The highest BCUT2D eigenvalue weighted by Gasteiger charge is 2.23. The van der Waals surface area contributed by atoms with Crippen molar-refractivity contribution in [3.63, 3.8) is 0 Å². The van der Waals surface area contributed by atoms with Crippen LogP contribution in [0.3, 0.4) is 0 Å². The summed E-state index contributed by atoms with van der Waals surface area (Å²) in [4.78, 5) is 0. The fourth-order valence-corrected chi connectivity index (χ4v) is 2.16. The molecule has 1 saturated carbocycles. The zero-order valence-electron chi connectivity index (χ0n) is 11.4. The van der Waals surface area contributed by atoms with E-state index < -0.39 is 12.5 Å². The summed E-state index contributed by atoms with van der Waals surface area (Å²) in [6, 6.07) is 13.0. The van der Waals surface area contributed by atoms with Crippen LogP contribution in [0.15, 0.2) is 48.5 Å². The fraction of sp³-hybridized carbons (Fsp3) is 0.294. The molecule has 1 unspecified atom stereocenters. The van der Waals surface area contributed by atoms with Gasteiger partial charge in [0.05, 0.1) is 6.10 Å². The van der Waals surface area contributed by atoms with E-state index in [2.05, 4.69) is 0 Å². The quantitative estimate of drug-likeness (QED) is 0.892. The van der Waals surface area contributed by atoms with Crippen molar-refractivity contribution in [2.45, 2.75) is 31.5 Å². The average molecular weight is 290 g/mol. The average Bonchev–Trinajstić information content (AvgIpc) is 3.31. The van der Waals surface area contributed by atoms with E-state index in [9.17, 15) is 13.9 Å². The van der Waals surface area contributed by atoms with Crippen LogP contribution in [0.4, 0.5) is 8.78 Å². The van der Waals surface area contributed by atoms with Crippen molar-refractivity contribution < 1.29 is 18.6 Å². The molecule has 2 nitrogen and oxygen atoms in total. The van der Waals surface area contributed by atoms with Crippen molar-refractivity contribution in [2.24, 2.45) is 0 Å². The summed E-state index contributed by atoms with van der Waals surface area (Å²) in [5.41, 5.74) is 1.04. The summed E-state index contributed by atoms with van der Waals surface area (Å²) in [7, 11) is 0. The van der Waals surface area contributed by atoms with Crippen molar-refractivity contribution in [3.05, 3.63) is 65.2 Å². The minimum Gasteiger partial charge on any atom is -0.490 e. The van der Waals surface area contributed by atoms with Gasteiger partial charge in [-0.05, 0) is 42.2 Å². The van der Waals surface area contributed by atoms with Crippen molar-refractivity contribution in [3.8, 4) is 5.75 Å². The van der Waals surface area contributed by atoms with Gasteiger partial charge in [-0.25, -0.2) is 8.78 Å². The second kappa shape index (κ2) is 5.82. The van der Waals surface area contributed by atoms with Gasteiger partial charge in [-0.1, -0.05) is 30.3 Å². The minimum atomic E-state index is -2.54. The zero-order valence-corrected chi connectivity index (χ0v) is 11.4. The van der Waals surface area contributed by atoms with Crippen LogP contribution in [0.5, 0.6) is 5.75 Å². The summed E-state index contributed by atoms with van der Waals surface area (Å²) in [6.07, 6.45) is -0.955. The molecule has 3 rings (SSSR count). The lowest BCUT2D eigenvalue weighted by molar-refractivity contribution is 0.150. The highest BCUT2D eigenvalue weighted by Crippen LogP contribution is 2.30. The van der Waals surface area contributed by atoms with Gasteiger partial charge in [-0.15, -0.1) is 0 Å². The molecule has 1 aliphatic rings. The summed E-state index contributed by atoms with van der Waals surface area (Å²) >= 11 is 0. The number of ether oxygens (including phenoxy) is 1. The molecule has 0 spiro atoms. The molecular formula is C17H16F2O2. The summed E-state index contributed by atoms with van der Waals surface area (Å²) in [5.74, 6) is 0.773. The summed E-state index contributed by atoms with van der Waals surface area (Å²) in [5, 5.41) is 10.3. The monoisotopic (exact) mass is 290 g/mol. The number of benzene rings is 2. The van der Waals surface area contributed by atoms with Crippen LogP contribution in [0.1, 0.15) is 42.1 Å². The zero-order chi connectivity index (χ0) is 14.8. The van der Waals surface area contributed by atoms with Crippen molar-refractivity contribution >= 4 is 0 Å². The first-order chi connectivity index (χ1) is 10.1. The second-order valence-corrected chi connectivity index (χ2v) is 5.26. The Morgan fingerprint density at radius 1 is 0.952 bits per heavy atom. The maximum atomic E-state index is 12.7. The van der Waals surface area contributed by atoms with Gasteiger partial charge >= 0.3 is 0 Å². The molecule has 0 bridgehead atoms. The molecule has 0 heterocycles. The Hall–Kier alpha value is -1.94. The molecule has 1 atom stereocenters. The van der Waals surface area contributed by atoms with E-state index in [4.69, 9.17) is 4.74 Å². The molecule has 21 heavy (non-hydrogen) atoms.